The predicted octanol–water partition coefficient (Wildman–Crippen LogP) is 7.66. The number of nitrogens with zero attached hydrogens (tertiary/aromatic N) is 4. The largest absolute Gasteiger partial charge is 0.343 e. The third kappa shape index (κ3) is 5.53. The van der Waals surface area contributed by atoms with E-state index in [1.165, 1.54) is 48.7 Å². The molecule has 3 aliphatic heterocycles. The van der Waals surface area contributed by atoms with Crippen LogP contribution in [-0.4, -0.2) is 57.0 Å². The van der Waals surface area contributed by atoms with Crippen LogP contribution < -0.4 is 0 Å². The molecule has 3 aromatic carbocycles. The van der Waals surface area contributed by atoms with Gasteiger partial charge in [-0.15, -0.1) is 0 Å². The maximum atomic E-state index is 13.4. The Hall–Kier alpha value is -3.44. The molecule has 0 spiro atoms. The van der Waals surface area contributed by atoms with Gasteiger partial charge < -0.3 is 9.47 Å². The number of likely N-dealkylation sites (tertiary alicyclic amines) is 1. The Morgan fingerprint density at radius 2 is 1.49 bits per heavy atom. The second-order valence-corrected chi connectivity index (χ2v) is 13.6. The predicted molar refractivity (Wildman–Crippen MR) is 174 cm³/mol. The Kier molecular flexibility index (Phi) is 7.85. The van der Waals surface area contributed by atoms with Crippen molar-refractivity contribution < 1.29 is 4.79 Å². The van der Waals surface area contributed by atoms with E-state index in [-0.39, 0.29) is 11.3 Å². The zero-order chi connectivity index (χ0) is 29.4. The Bertz CT molecular complexity index is 1520. The molecule has 4 heterocycles. The summed E-state index contributed by atoms with van der Waals surface area (Å²) in [5.74, 6) is 1.71. The van der Waals surface area contributed by atoms with Gasteiger partial charge in [0.15, 0.2) is 0 Å². The monoisotopic (exact) mass is 574 g/mol. The van der Waals surface area contributed by atoms with Crippen LogP contribution >= 0.6 is 0 Å². The highest BCUT2D eigenvalue weighted by atomic mass is 16.2. The van der Waals surface area contributed by atoms with Crippen LogP contribution in [-0.2, 0) is 10.2 Å². The first-order valence-corrected chi connectivity index (χ1v) is 16.6. The molecule has 3 aliphatic rings. The molecule has 0 saturated carbocycles. The van der Waals surface area contributed by atoms with Gasteiger partial charge in [0.2, 0.25) is 5.91 Å². The Morgan fingerprint density at radius 1 is 0.860 bits per heavy atom. The molecule has 2 bridgehead atoms. The second-order valence-electron chi connectivity index (χ2n) is 13.6. The summed E-state index contributed by atoms with van der Waals surface area (Å²) in [5.41, 5.74) is 5.26. The highest BCUT2D eigenvalue weighted by Gasteiger charge is 2.44. The number of carbonyl (C=O) groups is 1. The molecule has 5 heteroatoms. The van der Waals surface area contributed by atoms with Gasteiger partial charge >= 0.3 is 0 Å². The third-order valence-corrected chi connectivity index (χ3v) is 11.2. The molecule has 43 heavy (non-hydrogen) atoms. The van der Waals surface area contributed by atoms with Gasteiger partial charge in [-0.2, -0.15) is 0 Å². The number of hydrogen-bond donors (Lipinski definition) is 0. The summed E-state index contributed by atoms with van der Waals surface area (Å²) in [4.78, 5) is 23.3. The number of carbonyl (C=O) groups excluding carboxylic acids is 1. The lowest BCUT2D eigenvalue weighted by molar-refractivity contribution is -0.133. The van der Waals surface area contributed by atoms with Gasteiger partial charge in [-0.1, -0.05) is 79.7 Å². The lowest BCUT2D eigenvalue weighted by Crippen LogP contribution is -2.49. The van der Waals surface area contributed by atoms with Gasteiger partial charge in [0.1, 0.15) is 5.82 Å². The number of piperidine rings is 2. The van der Waals surface area contributed by atoms with Gasteiger partial charge in [0.05, 0.1) is 11.0 Å². The number of aromatic nitrogens is 2. The van der Waals surface area contributed by atoms with Gasteiger partial charge in [0, 0.05) is 37.6 Å². The lowest BCUT2D eigenvalue weighted by Gasteiger charge is -2.46. The van der Waals surface area contributed by atoms with E-state index in [0.717, 1.165) is 43.8 Å². The highest BCUT2D eigenvalue weighted by molar-refractivity contribution is 5.77. The van der Waals surface area contributed by atoms with Crippen molar-refractivity contribution in [3.8, 4) is 0 Å². The van der Waals surface area contributed by atoms with E-state index in [4.69, 9.17) is 4.98 Å². The average molecular weight is 575 g/mol. The van der Waals surface area contributed by atoms with Crippen LogP contribution in [0.25, 0.3) is 11.0 Å². The van der Waals surface area contributed by atoms with Crippen LogP contribution in [0, 0.1) is 6.92 Å². The summed E-state index contributed by atoms with van der Waals surface area (Å²) < 4.78 is 2.54. The molecule has 0 aliphatic carbocycles. The molecule has 1 aromatic heterocycles. The van der Waals surface area contributed by atoms with Crippen LogP contribution in [0.2, 0.25) is 0 Å². The number of imidazole rings is 1. The molecule has 4 aromatic rings. The summed E-state index contributed by atoms with van der Waals surface area (Å²) in [6.45, 7) is 7.23. The molecule has 1 unspecified atom stereocenters. The van der Waals surface area contributed by atoms with Crippen molar-refractivity contribution in [3.63, 3.8) is 0 Å². The number of benzene rings is 3. The zero-order valence-corrected chi connectivity index (χ0v) is 25.9. The molecular formula is C38H46N4O. The third-order valence-electron chi connectivity index (χ3n) is 11.2. The highest BCUT2D eigenvalue weighted by Crippen LogP contribution is 2.45. The minimum atomic E-state index is 0.135. The minimum Gasteiger partial charge on any atom is -0.343 e. The van der Waals surface area contributed by atoms with Crippen molar-refractivity contribution in [1.82, 2.24) is 19.4 Å². The fraction of sp³-hybridized carbons (Fsp3) is 0.474. The SMILES string of the molecule is Cc1nc2ccccc2n1[C@H]1C[C@H]2CC[C@@H](C1)N2CCC1(c2ccccc2)CCN(C(=O)CC(C)c2ccccc2)CC1. The first-order valence-electron chi connectivity index (χ1n) is 16.6. The van der Waals surface area contributed by atoms with Gasteiger partial charge in [-0.3, -0.25) is 9.69 Å². The summed E-state index contributed by atoms with van der Waals surface area (Å²) in [7, 11) is 0. The second kappa shape index (κ2) is 11.9. The molecule has 4 atom stereocenters. The van der Waals surface area contributed by atoms with Crippen LogP contribution in [0.1, 0.15) is 87.2 Å². The number of aryl methyl sites for hydroxylation is 1. The summed E-state index contributed by atoms with van der Waals surface area (Å²) in [6, 6.07) is 32.1. The Labute approximate surface area is 256 Å². The van der Waals surface area contributed by atoms with Crippen molar-refractivity contribution in [2.75, 3.05) is 19.6 Å². The molecule has 3 fully saturated rings. The number of para-hydroxylation sites is 2. The fourth-order valence-corrected chi connectivity index (χ4v) is 8.74. The number of rotatable bonds is 8. The van der Waals surface area contributed by atoms with Crippen LogP contribution in [0.15, 0.2) is 84.9 Å². The molecule has 0 N–H and O–H groups in total. The van der Waals surface area contributed by atoms with E-state index in [0.29, 0.717) is 30.5 Å². The smallest absolute Gasteiger partial charge is 0.223 e. The number of amides is 1. The first-order chi connectivity index (χ1) is 21.0. The molecule has 7 rings (SSSR count). The normalized spacial score (nSPS) is 24.3. The maximum Gasteiger partial charge on any atom is 0.223 e. The summed E-state index contributed by atoms with van der Waals surface area (Å²) >= 11 is 0. The quantitative estimate of drug-likeness (QED) is 0.217. The zero-order valence-electron chi connectivity index (χ0n) is 25.9. The van der Waals surface area contributed by atoms with Gasteiger partial charge in [-0.05, 0) is 93.0 Å². The van der Waals surface area contributed by atoms with Crippen LogP contribution in [0.5, 0.6) is 0 Å². The first kappa shape index (κ1) is 28.3. The standard InChI is InChI=1S/C38H46N4O/c1-28(30-11-5-3-6-12-30)25-37(43)40-22-19-38(20-23-40,31-13-7-4-8-14-31)21-24-41-32-17-18-33(41)27-34(26-32)42-29(2)39-35-15-9-10-16-36(35)42/h3-16,28,32-34H,17-27H2,1-2H3/t28?,32-,33+,34+. The average Bonchev–Trinajstić information content (AvgIpc) is 3.51. The molecular weight excluding hydrogens is 528 g/mol. The van der Waals surface area contributed by atoms with Crippen molar-refractivity contribution in [2.24, 2.45) is 0 Å². The van der Waals surface area contributed by atoms with Crippen molar-refractivity contribution in [2.45, 2.75) is 94.7 Å². The van der Waals surface area contributed by atoms with E-state index in [9.17, 15) is 4.79 Å². The Balaban J connectivity index is 1.02. The van der Waals surface area contributed by atoms with E-state index < -0.39 is 0 Å². The minimum absolute atomic E-state index is 0.135. The van der Waals surface area contributed by atoms with E-state index in [1.807, 2.05) is 6.07 Å². The number of fused-ring (bicyclic) bond motifs is 3. The van der Waals surface area contributed by atoms with E-state index in [2.05, 4.69) is 107 Å². The maximum absolute atomic E-state index is 13.4. The van der Waals surface area contributed by atoms with Crippen molar-refractivity contribution in [3.05, 3.63) is 102 Å². The number of hydrogen-bond acceptors (Lipinski definition) is 3. The van der Waals surface area contributed by atoms with E-state index >= 15 is 0 Å². The lowest BCUT2D eigenvalue weighted by atomic mass is 9.70. The molecule has 3 saturated heterocycles. The van der Waals surface area contributed by atoms with E-state index in [1.54, 1.807) is 0 Å². The summed E-state index contributed by atoms with van der Waals surface area (Å²) in [5, 5.41) is 0. The Morgan fingerprint density at radius 3 is 2.19 bits per heavy atom. The van der Waals surface area contributed by atoms with Crippen LogP contribution in [0.3, 0.4) is 0 Å². The molecule has 5 nitrogen and oxygen atoms in total. The topological polar surface area (TPSA) is 41.4 Å². The molecule has 224 valence electrons. The van der Waals surface area contributed by atoms with Crippen LogP contribution in [0.4, 0.5) is 0 Å². The molecule has 1 amide bonds. The fourth-order valence-electron chi connectivity index (χ4n) is 8.74. The van der Waals surface area contributed by atoms with Gasteiger partial charge in [0.25, 0.3) is 0 Å². The van der Waals surface area contributed by atoms with Crippen molar-refractivity contribution in [1.29, 1.82) is 0 Å². The summed E-state index contributed by atoms with van der Waals surface area (Å²) in [6.07, 6.45) is 8.93. The van der Waals surface area contributed by atoms with Gasteiger partial charge in [-0.25, -0.2) is 4.98 Å². The molecule has 0 radical (unpaired) electrons. The van der Waals surface area contributed by atoms with Crippen molar-refractivity contribution >= 4 is 16.9 Å².